The molecule has 1 unspecified atom stereocenters. The summed E-state index contributed by atoms with van der Waals surface area (Å²) < 4.78 is 0. The van der Waals surface area contributed by atoms with Gasteiger partial charge in [-0.25, -0.2) is 0 Å². The second-order valence-electron chi connectivity index (χ2n) is 5.44. The molecular formula is C15H20Cl2N2O. The van der Waals surface area contributed by atoms with Crippen molar-refractivity contribution in [2.24, 2.45) is 0 Å². The van der Waals surface area contributed by atoms with Gasteiger partial charge >= 0.3 is 0 Å². The number of carbonyl (C=O) groups excluding carboxylic acids is 1. The van der Waals surface area contributed by atoms with Crippen LogP contribution in [0.25, 0.3) is 0 Å². The molecule has 0 aliphatic heterocycles. The monoisotopic (exact) mass is 314 g/mol. The molecule has 0 heterocycles. The zero-order chi connectivity index (χ0) is 14.7. The maximum atomic E-state index is 12.1. The van der Waals surface area contributed by atoms with E-state index in [1.807, 2.05) is 13.8 Å². The van der Waals surface area contributed by atoms with Gasteiger partial charge in [0, 0.05) is 11.1 Å². The zero-order valence-corrected chi connectivity index (χ0v) is 13.3. The standard InChI is InChI=1S/C15H20Cl2N2O/c1-9-7-13(17)14(8-12(9)16)18-10(2)15(20)19-11-5-3-4-6-11/h7-8,10-11,18H,3-6H2,1-2H3,(H,19,20). The van der Waals surface area contributed by atoms with E-state index in [1.165, 1.54) is 12.8 Å². The maximum Gasteiger partial charge on any atom is 0.242 e. The molecular weight excluding hydrogens is 295 g/mol. The fraction of sp³-hybridized carbons (Fsp3) is 0.533. The summed E-state index contributed by atoms with van der Waals surface area (Å²) in [6.45, 7) is 3.72. The van der Waals surface area contributed by atoms with Crippen LogP contribution < -0.4 is 10.6 Å². The summed E-state index contributed by atoms with van der Waals surface area (Å²) >= 11 is 12.3. The SMILES string of the molecule is Cc1cc(Cl)c(NC(C)C(=O)NC2CCCC2)cc1Cl. The van der Waals surface area contributed by atoms with Crippen molar-refractivity contribution >= 4 is 34.8 Å². The van der Waals surface area contributed by atoms with Crippen LogP contribution in [0.5, 0.6) is 0 Å². The quantitative estimate of drug-likeness (QED) is 0.876. The second-order valence-corrected chi connectivity index (χ2v) is 6.25. The lowest BCUT2D eigenvalue weighted by Crippen LogP contribution is -2.42. The molecule has 20 heavy (non-hydrogen) atoms. The molecule has 110 valence electrons. The Morgan fingerprint density at radius 3 is 2.55 bits per heavy atom. The number of hydrogen-bond acceptors (Lipinski definition) is 2. The van der Waals surface area contributed by atoms with Crippen LogP contribution in [0, 0.1) is 6.92 Å². The van der Waals surface area contributed by atoms with Crippen molar-refractivity contribution < 1.29 is 4.79 Å². The summed E-state index contributed by atoms with van der Waals surface area (Å²) in [6.07, 6.45) is 4.56. The molecule has 0 radical (unpaired) electrons. The topological polar surface area (TPSA) is 41.1 Å². The Balaban J connectivity index is 1.98. The van der Waals surface area contributed by atoms with E-state index in [1.54, 1.807) is 12.1 Å². The Hall–Kier alpha value is -0.930. The van der Waals surface area contributed by atoms with Gasteiger partial charge in [0.15, 0.2) is 0 Å². The molecule has 1 saturated carbocycles. The van der Waals surface area contributed by atoms with Crippen LogP contribution in [-0.4, -0.2) is 18.0 Å². The van der Waals surface area contributed by atoms with Crippen LogP contribution in [0.1, 0.15) is 38.2 Å². The van der Waals surface area contributed by atoms with Crippen LogP contribution in [0.4, 0.5) is 5.69 Å². The highest BCUT2D eigenvalue weighted by atomic mass is 35.5. The van der Waals surface area contributed by atoms with Crippen molar-refractivity contribution in [3.05, 3.63) is 27.7 Å². The highest BCUT2D eigenvalue weighted by Crippen LogP contribution is 2.29. The normalized spacial score (nSPS) is 17.0. The van der Waals surface area contributed by atoms with Crippen LogP contribution >= 0.6 is 23.2 Å². The van der Waals surface area contributed by atoms with Crippen molar-refractivity contribution in [2.45, 2.75) is 51.6 Å². The molecule has 1 aliphatic carbocycles. The zero-order valence-electron chi connectivity index (χ0n) is 11.8. The van der Waals surface area contributed by atoms with E-state index in [9.17, 15) is 4.79 Å². The fourth-order valence-electron chi connectivity index (χ4n) is 2.45. The van der Waals surface area contributed by atoms with E-state index in [-0.39, 0.29) is 11.9 Å². The molecule has 0 aromatic heterocycles. The molecule has 1 aromatic rings. The Morgan fingerprint density at radius 2 is 1.90 bits per heavy atom. The van der Waals surface area contributed by atoms with E-state index in [0.717, 1.165) is 18.4 Å². The summed E-state index contributed by atoms with van der Waals surface area (Å²) in [5.74, 6) is 0.00432. The first-order valence-electron chi connectivity index (χ1n) is 7.00. The van der Waals surface area contributed by atoms with Gasteiger partial charge in [0.25, 0.3) is 0 Å². The van der Waals surface area contributed by atoms with Gasteiger partial charge in [-0.2, -0.15) is 0 Å². The molecule has 3 nitrogen and oxygen atoms in total. The van der Waals surface area contributed by atoms with Gasteiger partial charge in [-0.1, -0.05) is 36.0 Å². The minimum atomic E-state index is -0.341. The predicted molar refractivity (Wildman–Crippen MR) is 84.7 cm³/mol. The number of benzene rings is 1. The summed E-state index contributed by atoms with van der Waals surface area (Å²) in [5, 5.41) is 7.41. The maximum absolute atomic E-state index is 12.1. The number of anilines is 1. The molecule has 1 aromatic carbocycles. The van der Waals surface area contributed by atoms with Gasteiger partial charge in [-0.15, -0.1) is 0 Å². The molecule has 0 bridgehead atoms. The molecule has 0 spiro atoms. The first kappa shape index (κ1) is 15.5. The van der Waals surface area contributed by atoms with Crippen LogP contribution in [0.3, 0.4) is 0 Å². The minimum Gasteiger partial charge on any atom is -0.373 e. The predicted octanol–water partition coefficient (Wildman–Crippen LogP) is 4.16. The third-order valence-electron chi connectivity index (χ3n) is 3.72. The molecule has 2 N–H and O–H groups in total. The minimum absolute atomic E-state index is 0.00432. The second kappa shape index (κ2) is 6.68. The largest absolute Gasteiger partial charge is 0.373 e. The third kappa shape index (κ3) is 3.80. The summed E-state index contributed by atoms with van der Waals surface area (Å²) in [7, 11) is 0. The Morgan fingerprint density at radius 1 is 1.25 bits per heavy atom. The first-order chi connectivity index (χ1) is 9.47. The smallest absolute Gasteiger partial charge is 0.242 e. The summed E-state index contributed by atoms with van der Waals surface area (Å²) in [6, 6.07) is 3.54. The van der Waals surface area contributed by atoms with Gasteiger partial charge < -0.3 is 10.6 Å². The fourth-order valence-corrected chi connectivity index (χ4v) is 2.89. The van der Waals surface area contributed by atoms with E-state index in [0.29, 0.717) is 21.8 Å². The summed E-state index contributed by atoms with van der Waals surface area (Å²) in [5.41, 5.74) is 1.61. The Bertz CT molecular complexity index is 499. The van der Waals surface area contributed by atoms with Crippen molar-refractivity contribution in [3.8, 4) is 0 Å². The first-order valence-corrected chi connectivity index (χ1v) is 7.75. The molecule has 2 rings (SSSR count). The molecule has 5 heteroatoms. The number of hydrogen-bond donors (Lipinski definition) is 2. The average molecular weight is 315 g/mol. The van der Waals surface area contributed by atoms with Crippen molar-refractivity contribution in [1.82, 2.24) is 5.32 Å². The van der Waals surface area contributed by atoms with E-state index in [2.05, 4.69) is 10.6 Å². The Kier molecular flexibility index (Phi) is 5.17. The number of halogens is 2. The van der Waals surface area contributed by atoms with E-state index < -0.39 is 0 Å². The highest BCUT2D eigenvalue weighted by Gasteiger charge is 2.21. The molecule has 1 fully saturated rings. The van der Waals surface area contributed by atoms with Crippen LogP contribution in [0.15, 0.2) is 12.1 Å². The highest BCUT2D eigenvalue weighted by molar-refractivity contribution is 6.35. The molecule has 0 saturated heterocycles. The number of rotatable bonds is 4. The van der Waals surface area contributed by atoms with E-state index >= 15 is 0 Å². The molecule has 1 atom stereocenters. The molecule has 1 amide bonds. The lowest BCUT2D eigenvalue weighted by Gasteiger charge is -2.19. The number of carbonyl (C=O) groups is 1. The average Bonchev–Trinajstić information content (AvgIpc) is 2.88. The lowest BCUT2D eigenvalue weighted by molar-refractivity contribution is -0.122. The van der Waals surface area contributed by atoms with Gasteiger partial charge in [-0.3, -0.25) is 4.79 Å². The van der Waals surface area contributed by atoms with Crippen molar-refractivity contribution in [1.29, 1.82) is 0 Å². The Labute approximate surface area is 130 Å². The van der Waals surface area contributed by atoms with Gasteiger partial charge in [-0.05, 0) is 44.4 Å². The van der Waals surface area contributed by atoms with Crippen LogP contribution in [-0.2, 0) is 4.79 Å². The lowest BCUT2D eigenvalue weighted by atomic mass is 10.2. The van der Waals surface area contributed by atoms with E-state index in [4.69, 9.17) is 23.2 Å². The number of nitrogens with one attached hydrogen (secondary N) is 2. The number of amides is 1. The van der Waals surface area contributed by atoms with Crippen LogP contribution in [0.2, 0.25) is 10.0 Å². The van der Waals surface area contributed by atoms with Crippen molar-refractivity contribution in [2.75, 3.05) is 5.32 Å². The van der Waals surface area contributed by atoms with Gasteiger partial charge in [0.05, 0.1) is 10.7 Å². The number of aryl methyl sites for hydroxylation is 1. The summed E-state index contributed by atoms with van der Waals surface area (Å²) in [4.78, 5) is 12.1. The third-order valence-corrected chi connectivity index (χ3v) is 4.44. The molecule has 1 aliphatic rings. The van der Waals surface area contributed by atoms with Crippen molar-refractivity contribution in [3.63, 3.8) is 0 Å². The van der Waals surface area contributed by atoms with Gasteiger partial charge in [0.2, 0.25) is 5.91 Å². The van der Waals surface area contributed by atoms with Gasteiger partial charge in [0.1, 0.15) is 6.04 Å².